The number of halogens is 1. The van der Waals surface area contributed by atoms with E-state index in [1.165, 1.54) is 16.7 Å². The highest BCUT2D eigenvalue weighted by Crippen LogP contribution is 2.22. The fourth-order valence-corrected chi connectivity index (χ4v) is 2.54. The average Bonchev–Trinajstić information content (AvgIpc) is 2.70. The maximum Gasteiger partial charge on any atom is 0.273 e. The van der Waals surface area contributed by atoms with E-state index in [1.54, 1.807) is 19.9 Å². The normalized spacial score (nSPS) is 11.8. The van der Waals surface area contributed by atoms with Gasteiger partial charge in [0.15, 0.2) is 5.82 Å². The van der Waals surface area contributed by atoms with E-state index in [9.17, 15) is 12.8 Å². The number of benzene rings is 1. The molecule has 0 fully saturated rings. The SMILES string of the molecule is CCn1c(-c2cc(C)cc(F)c2)nnc1S(N)(=O)=O. The molecule has 2 aromatic rings. The Morgan fingerprint density at radius 1 is 1.32 bits per heavy atom. The van der Waals surface area contributed by atoms with Gasteiger partial charge in [-0.15, -0.1) is 10.2 Å². The van der Waals surface area contributed by atoms with Crippen LogP contribution >= 0.6 is 0 Å². The molecule has 1 heterocycles. The average molecular weight is 284 g/mol. The number of sulfonamides is 1. The van der Waals surface area contributed by atoms with Crippen molar-refractivity contribution in [2.24, 2.45) is 5.14 Å². The Kier molecular flexibility index (Phi) is 3.38. The number of rotatable bonds is 3. The molecule has 19 heavy (non-hydrogen) atoms. The summed E-state index contributed by atoms with van der Waals surface area (Å²) >= 11 is 0. The Morgan fingerprint density at radius 2 is 2.00 bits per heavy atom. The molecule has 0 aliphatic heterocycles. The van der Waals surface area contributed by atoms with Gasteiger partial charge in [-0.05, 0) is 37.6 Å². The van der Waals surface area contributed by atoms with E-state index in [2.05, 4.69) is 10.2 Å². The van der Waals surface area contributed by atoms with Crippen molar-refractivity contribution in [3.8, 4) is 11.4 Å². The molecule has 2 rings (SSSR count). The first-order valence-electron chi connectivity index (χ1n) is 5.56. The maximum absolute atomic E-state index is 13.4. The number of aryl methyl sites for hydroxylation is 1. The van der Waals surface area contributed by atoms with Gasteiger partial charge in [-0.25, -0.2) is 17.9 Å². The molecule has 1 aromatic carbocycles. The molecule has 0 unspecified atom stereocenters. The summed E-state index contributed by atoms with van der Waals surface area (Å²) in [5, 5.41) is 12.1. The molecule has 8 heteroatoms. The topological polar surface area (TPSA) is 90.9 Å². The number of hydrogen-bond acceptors (Lipinski definition) is 4. The summed E-state index contributed by atoms with van der Waals surface area (Å²) in [7, 11) is -3.96. The smallest absolute Gasteiger partial charge is 0.273 e. The van der Waals surface area contributed by atoms with Crippen LogP contribution in [0.15, 0.2) is 23.4 Å². The summed E-state index contributed by atoms with van der Waals surface area (Å²) in [5.74, 6) is -0.146. The fraction of sp³-hybridized carbons (Fsp3) is 0.273. The van der Waals surface area contributed by atoms with Gasteiger partial charge in [-0.3, -0.25) is 4.57 Å². The van der Waals surface area contributed by atoms with Gasteiger partial charge in [0.1, 0.15) is 5.82 Å². The second-order valence-corrected chi connectivity index (χ2v) is 5.57. The molecule has 0 radical (unpaired) electrons. The quantitative estimate of drug-likeness (QED) is 0.912. The summed E-state index contributed by atoms with van der Waals surface area (Å²) in [6.07, 6.45) is 0. The molecule has 2 N–H and O–H groups in total. The van der Waals surface area contributed by atoms with E-state index in [1.807, 2.05) is 0 Å². The molecule has 0 aliphatic carbocycles. The number of hydrogen-bond donors (Lipinski definition) is 1. The Balaban J connectivity index is 2.67. The largest absolute Gasteiger partial charge is 0.297 e. The van der Waals surface area contributed by atoms with Gasteiger partial charge in [0.05, 0.1) is 0 Å². The van der Waals surface area contributed by atoms with Crippen LogP contribution in [-0.4, -0.2) is 23.2 Å². The molecule has 0 atom stereocenters. The lowest BCUT2D eigenvalue weighted by Gasteiger charge is -2.07. The summed E-state index contributed by atoms with van der Waals surface area (Å²) in [6, 6.07) is 4.35. The van der Waals surface area contributed by atoms with E-state index in [4.69, 9.17) is 5.14 Å². The van der Waals surface area contributed by atoms with Crippen LogP contribution in [-0.2, 0) is 16.6 Å². The zero-order valence-corrected chi connectivity index (χ0v) is 11.3. The lowest BCUT2D eigenvalue weighted by molar-refractivity contribution is 0.571. The Bertz CT molecular complexity index is 704. The highest BCUT2D eigenvalue weighted by atomic mass is 32.2. The van der Waals surface area contributed by atoms with Gasteiger partial charge in [-0.1, -0.05) is 0 Å². The van der Waals surface area contributed by atoms with Crippen LogP contribution in [0.1, 0.15) is 12.5 Å². The number of nitrogens with two attached hydrogens (primary N) is 1. The highest BCUT2D eigenvalue weighted by Gasteiger charge is 2.21. The van der Waals surface area contributed by atoms with Gasteiger partial charge >= 0.3 is 0 Å². The van der Waals surface area contributed by atoms with Gasteiger partial charge < -0.3 is 0 Å². The second-order valence-electron chi connectivity index (χ2n) is 4.11. The first-order chi connectivity index (χ1) is 8.82. The molecule has 0 saturated heterocycles. The highest BCUT2D eigenvalue weighted by molar-refractivity contribution is 7.89. The minimum atomic E-state index is -3.96. The van der Waals surface area contributed by atoms with E-state index < -0.39 is 15.8 Å². The van der Waals surface area contributed by atoms with E-state index in [-0.39, 0.29) is 11.0 Å². The summed E-state index contributed by atoms with van der Waals surface area (Å²) in [4.78, 5) is 0. The maximum atomic E-state index is 13.4. The van der Waals surface area contributed by atoms with Crippen molar-refractivity contribution in [1.82, 2.24) is 14.8 Å². The number of aromatic nitrogens is 3. The molecule has 6 nitrogen and oxygen atoms in total. The van der Waals surface area contributed by atoms with E-state index >= 15 is 0 Å². The van der Waals surface area contributed by atoms with Crippen LogP contribution < -0.4 is 5.14 Å². The fourth-order valence-electron chi connectivity index (χ4n) is 1.86. The van der Waals surface area contributed by atoms with Crippen molar-refractivity contribution in [3.63, 3.8) is 0 Å². The van der Waals surface area contributed by atoms with Crippen molar-refractivity contribution in [2.45, 2.75) is 25.5 Å². The van der Waals surface area contributed by atoms with Gasteiger partial charge in [0.25, 0.3) is 15.2 Å². The third-order valence-electron chi connectivity index (χ3n) is 2.59. The van der Waals surface area contributed by atoms with Crippen LogP contribution in [0.4, 0.5) is 4.39 Å². The zero-order chi connectivity index (χ0) is 14.2. The third-order valence-corrected chi connectivity index (χ3v) is 3.40. The molecular weight excluding hydrogens is 271 g/mol. The van der Waals surface area contributed by atoms with E-state index in [0.717, 1.165) is 0 Å². The van der Waals surface area contributed by atoms with Gasteiger partial charge in [0, 0.05) is 12.1 Å². The van der Waals surface area contributed by atoms with Crippen LogP contribution in [0.25, 0.3) is 11.4 Å². The molecule has 102 valence electrons. The van der Waals surface area contributed by atoms with Crippen LogP contribution in [0.5, 0.6) is 0 Å². The predicted octanol–water partition coefficient (Wildman–Crippen LogP) is 1.06. The minimum absolute atomic E-state index is 0.272. The molecule has 1 aromatic heterocycles. The van der Waals surface area contributed by atoms with Gasteiger partial charge in [-0.2, -0.15) is 0 Å². The van der Waals surface area contributed by atoms with Crippen LogP contribution in [0.3, 0.4) is 0 Å². The van der Waals surface area contributed by atoms with Crippen LogP contribution in [0.2, 0.25) is 0 Å². The molecule has 0 spiro atoms. The Morgan fingerprint density at radius 3 is 2.53 bits per heavy atom. The monoisotopic (exact) mass is 284 g/mol. The molecule has 0 amide bonds. The van der Waals surface area contributed by atoms with Crippen molar-refractivity contribution in [1.29, 1.82) is 0 Å². The Labute approximate surface area is 110 Å². The molecule has 0 aliphatic rings. The van der Waals surface area contributed by atoms with Crippen molar-refractivity contribution < 1.29 is 12.8 Å². The minimum Gasteiger partial charge on any atom is -0.297 e. The predicted molar refractivity (Wildman–Crippen MR) is 67.2 cm³/mol. The first kappa shape index (κ1) is 13.6. The molecule has 0 bridgehead atoms. The van der Waals surface area contributed by atoms with Crippen molar-refractivity contribution in [2.75, 3.05) is 0 Å². The standard InChI is InChI=1S/C11H13FN4O2S/c1-3-16-10(14-15-11(16)19(13,17)18)8-4-7(2)5-9(12)6-8/h4-6H,3H2,1-2H3,(H2,13,17,18). The van der Waals surface area contributed by atoms with Crippen molar-refractivity contribution in [3.05, 3.63) is 29.6 Å². The molecule has 0 saturated carbocycles. The van der Waals surface area contributed by atoms with Crippen molar-refractivity contribution >= 4 is 10.0 Å². The third kappa shape index (κ3) is 2.64. The Hall–Kier alpha value is -1.80. The lowest BCUT2D eigenvalue weighted by atomic mass is 10.1. The zero-order valence-electron chi connectivity index (χ0n) is 10.5. The number of primary sulfonamides is 1. The van der Waals surface area contributed by atoms with Crippen LogP contribution in [0, 0.1) is 12.7 Å². The molecular formula is C11H13FN4O2S. The first-order valence-corrected chi connectivity index (χ1v) is 7.11. The second kappa shape index (κ2) is 4.71. The summed E-state index contributed by atoms with van der Waals surface area (Å²) in [6.45, 7) is 3.77. The lowest BCUT2D eigenvalue weighted by Crippen LogP contribution is -2.18. The summed E-state index contributed by atoms with van der Waals surface area (Å²) in [5.41, 5.74) is 1.17. The summed E-state index contributed by atoms with van der Waals surface area (Å²) < 4.78 is 37.5. The number of nitrogens with zero attached hydrogens (tertiary/aromatic N) is 3. The van der Waals surface area contributed by atoms with Gasteiger partial charge in [0.2, 0.25) is 0 Å². The van der Waals surface area contributed by atoms with E-state index in [0.29, 0.717) is 17.7 Å².